The predicted octanol–water partition coefficient (Wildman–Crippen LogP) is 4.55. The molecule has 4 rings (SSSR count). The fourth-order valence-electron chi connectivity index (χ4n) is 4.77. The molecule has 1 aromatic heterocycles. The molecule has 2 saturated heterocycles. The maximum atomic E-state index is 12.9. The molecule has 0 bridgehead atoms. The van der Waals surface area contributed by atoms with E-state index in [0.717, 1.165) is 55.6 Å². The third kappa shape index (κ3) is 5.85. The number of hydrogen-bond donors (Lipinski definition) is 0. The number of halogens is 1. The van der Waals surface area contributed by atoms with Gasteiger partial charge in [-0.05, 0) is 44.2 Å². The van der Waals surface area contributed by atoms with Gasteiger partial charge in [-0.15, -0.1) is 0 Å². The summed E-state index contributed by atoms with van der Waals surface area (Å²) in [5, 5.41) is 5.07. The monoisotopic (exact) mass is 468 g/mol. The van der Waals surface area contributed by atoms with Crippen molar-refractivity contribution in [1.82, 2.24) is 19.6 Å². The summed E-state index contributed by atoms with van der Waals surface area (Å²) in [4.78, 5) is 29.6. The van der Waals surface area contributed by atoms with E-state index in [4.69, 9.17) is 11.6 Å². The zero-order chi connectivity index (χ0) is 23.2. The highest BCUT2D eigenvalue weighted by Gasteiger charge is 2.30. The predicted molar refractivity (Wildman–Crippen MR) is 131 cm³/mol. The van der Waals surface area contributed by atoms with Crippen LogP contribution in [0.3, 0.4) is 0 Å². The van der Waals surface area contributed by atoms with E-state index in [1.54, 1.807) is 16.8 Å². The van der Waals surface area contributed by atoms with Crippen LogP contribution in [0, 0.1) is 12.8 Å². The first-order valence-electron chi connectivity index (χ1n) is 12.1. The van der Waals surface area contributed by atoms with Crippen molar-refractivity contribution in [2.75, 3.05) is 26.2 Å². The van der Waals surface area contributed by atoms with Crippen LogP contribution in [0.4, 0.5) is 0 Å². The summed E-state index contributed by atoms with van der Waals surface area (Å²) in [5.74, 6) is 0.291. The van der Waals surface area contributed by atoms with Gasteiger partial charge in [-0.2, -0.15) is 5.10 Å². The first-order chi connectivity index (χ1) is 16.0. The first-order valence-corrected chi connectivity index (χ1v) is 12.4. The minimum absolute atomic E-state index is 0.0399. The van der Waals surface area contributed by atoms with Crippen LogP contribution >= 0.6 is 11.6 Å². The van der Waals surface area contributed by atoms with Crippen molar-refractivity contribution in [3.05, 3.63) is 58.4 Å². The van der Waals surface area contributed by atoms with Gasteiger partial charge in [0.25, 0.3) is 0 Å². The van der Waals surface area contributed by atoms with Gasteiger partial charge in [0.1, 0.15) is 5.15 Å². The van der Waals surface area contributed by atoms with Crippen LogP contribution in [0.15, 0.2) is 36.4 Å². The quantitative estimate of drug-likeness (QED) is 0.605. The van der Waals surface area contributed by atoms with Gasteiger partial charge in [-0.3, -0.25) is 9.59 Å². The van der Waals surface area contributed by atoms with Crippen LogP contribution in [-0.2, 0) is 16.1 Å². The Balaban J connectivity index is 1.32. The maximum Gasteiger partial charge on any atom is 0.246 e. The van der Waals surface area contributed by atoms with Crippen molar-refractivity contribution in [2.45, 2.75) is 52.0 Å². The Labute approximate surface area is 201 Å². The van der Waals surface area contributed by atoms with Crippen molar-refractivity contribution in [1.29, 1.82) is 0 Å². The molecule has 2 fully saturated rings. The Kier molecular flexibility index (Phi) is 7.86. The molecule has 2 aliphatic rings. The molecule has 0 radical (unpaired) electrons. The molecule has 33 heavy (non-hydrogen) atoms. The Morgan fingerprint density at radius 2 is 1.67 bits per heavy atom. The summed E-state index contributed by atoms with van der Waals surface area (Å²) in [5.41, 5.74) is 2.68. The molecular weight excluding hydrogens is 436 g/mol. The third-order valence-electron chi connectivity index (χ3n) is 6.75. The number of carbonyl (C=O) groups is 2. The molecule has 1 aromatic carbocycles. The number of piperidine rings is 1. The van der Waals surface area contributed by atoms with Crippen LogP contribution in [0.1, 0.15) is 55.3 Å². The molecule has 6 nitrogen and oxygen atoms in total. The van der Waals surface area contributed by atoms with Gasteiger partial charge in [-0.1, -0.05) is 54.8 Å². The minimum Gasteiger partial charge on any atom is -0.342 e. The van der Waals surface area contributed by atoms with Gasteiger partial charge in [-0.25, -0.2) is 4.68 Å². The summed E-state index contributed by atoms with van der Waals surface area (Å²) in [6.07, 6.45) is 9.49. The molecule has 2 aliphatic heterocycles. The Bertz CT molecular complexity index is 985. The SMILES string of the molecule is Cc1nn(Cc2ccccc2)c(Cl)c1/C=C/C(=O)N1CCC(C(=O)N2CCCCCC2)CC1. The highest BCUT2D eigenvalue weighted by molar-refractivity contribution is 6.31. The topological polar surface area (TPSA) is 58.4 Å². The fraction of sp³-hybridized carbons (Fsp3) is 0.500. The Morgan fingerprint density at radius 3 is 2.33 bits per heavy atom. The van der Waals surface area contributed by atoms with E-state index in [-0.39, 0.29) is 17.7 Å². The van der Waals surface area contributed by atoms with Crippen LogP contribution in [0.5, 0.6) is 0 Å². The number of aromatic nitrogens is 2. The molecule has 2 amide bonds. The summed E-state index contributed by atoms with van der Waals surface area (Å²) in [6, 6.07) is 10.0. The van der Waals surface area contributed by atoms with Crippen molar-refractivity contribution in [2.24, 2.45) is 5.92 Å². The molecular formula is C26H33ClN4O2. The summed E-state index contributed by atoms with van der Waals surface area (Å²) in [7, 11) is 0. The second kappa shape index (κ2) is 11.0. The van der Waals surface area contributed by atoms with Gasteiger partial charge in [0, 0.05) is 43.7 Å². The number of likely N-dealkylation sites (tertiary alicyclic amines) is 2. The van der Waals surface area contributed by atoms with Crippen LogP contribution in [0.25, 0.3) is 6.08 Å². The average molecular weight is 469 g/mol. The number of carbonyl (C=O) groups excluding carboxylic acids is 2. The normalized spacial score (nSPS) is 18.0. The minimum atomic E-state index is -0.0399. The number of nitrogens with zero attached hydrogens (tertiary/aromatic N) is 4. The molecule has 0 spiro atoms. The lowest BCUT2D eigenvalue weighted by atomic mass is 9.95. The highest BCUT2D eigenvalue weighted by Crippen LogP contribution is 2.24. The lowest BCUT2D eigenvalue weighted by Gasteiger charge is -2.33. The molecule has 0 unspecified atom stereocenters. The van der Waals surface area contributed by atoms with Crippen LogP contribution in [0.2, 0.25) is 5.15 Å². The fourth-order valence-corrected chi connectivity index (χ4v) is 5.07. The molecule has 0 saturated carbocycles. The van der Waals surface area contributed by atoms with Crippen LogP contribution < -0.4 is 0 Å². The Hall–Kier alpha value is -2.60. The maximum absolute atomic E-state index is 12.9. The van der Waals surface area contributed by atoms with Gasteiger partial charge >= 0.3 is 0 Å². The van der Waals surface area contributed by atoms with Gasteiger partial charge in [0.2, 0.25) is 11.8 Å². The van der Waals surface area contributed by atoms with E-state index in [1.165, 1.54) is 12.8 Å². The largest absolute Gasteiger partial charge is 0.342 e. The number of aryl methyl sites for hydroxylation is 1. The van der Waals surface area contributed by atoms with Gasteiger partial charge in [0.05, 0.1) is 12.2 Å². The second-order valence-electron chi connectivity index (χ2n) is 9.11. The number of hydrogen-bond acceptors (Lipinski definition) is 3. The molecule has 0 aliphatic carbocycles. The standard InChI is InChI=1S/C26H33ClN4O2/c1-20-23(25(27)31(28-20)19-21-9-5-4-6-10-21)11-12-24(32)29-17-13-22(14-18-29)26(33)30-15-7-2-3-8-16-30/h4-6,9-12,22H,2-3,7-8,13-19H2,1H3/b12-11+. The highest BCUT2D eigenvalue weighted by atomic mass is 35.5. The van der Waals surface area contributed by atoms with Crippen LogP contribution in [-0.4, -0.2) is 57.6 Å². The molecule has 0 N–H and O–H groups in total. The molecule has 7 heteroatoms. The second-order valence-corrected chi connectivity index (χ2v) is 9.46. The number of rotatable bonds is 5. The first kappa shape index (κ1) is 23.6. The average Bonchev–Trinajstić information content (AvgIpc) is 3.02. The zero-order valence-corrected chi connectivity index (χ0v) is 20.1. The van der Waals surface area contributed by atoms with E-state index in [9.17, 15) is 9.59 Å². The van der Waals surface area contributed by atoms with Crippen molar-refractivity contribution < 1.29 is 9.59 Å². The lowest BCUT2D eigenvalue weighted by Crippen LogP contribution is -2.44. The molecule has 0 atom stereocenters. The van der Waals surface area contributed by atoms with E-state index < -0.39 is 0 Å². The zero-order valence-electron chi connectivity index (χ0n) is 19.4. The Morgan fingerprint density at radius 1 is 1.00 bits per heavy atom. The van der Waals surface area contributed by atoms with E-state index in [1.807, 2.05) is 47.1 Å². The summed E-state index contributed by atoms with van der Waals surface area (Å²) < 4.78 is 1.76. The summed E-state index contributed by atoms with van der Waals surface area (Å²) >= 11 is 6.57. The van der Waals surface area contributed by atoms with E-state index in [0.29, 0.717) is 24.8 Å². The van der Waals surface area contributed by atoms with Gasteiger partial charge in [0.15, 0.2) is 0 Å². The lowest BCUT2D eigenvalue weighted by molar-refractivity contribution is -0.139. The van der Waals surface area contributed by atoms with Gasteiger partial charge < -0.3 is 9.80 Å². The summed E-state index contributed by atoms with van der Waals surface area (Å²) in [6.45, 7) is 5.50. The molecule has 3 heterocycles. The van der Waals surface area contributed by atoms with Crippen molar-refractivity contribution >= 4 is 29.5 Å². The number of benzene rings is 1. The van der Waals surface area contributed by atoms with Crippen molar-refractivity contribution in [3.8, 4) is 0 Å². The molecule has 2 aromatic rings. The van der Waals surface area contributed by atoms with Crippen molar-refractivity contribution in [3.63, 3.8) is 0 Å². The molecule has 176 valence electrons. The smallest absolute Gasteiger partial charge is 0.246 e. The van der Waals surface area contributed by atoms with E-state index >= 15 is 0 Å². The number of amides is 2. The van der Waals surface area contributed by atoms with E-state index in [2.05, 4.69) is 5.10 Å². The third-order valence-corrected chi connectivity index (χ3v) is 7.15.